The molecular formula is C23H24F3N3O3. The predicted molar refractivity (Wildman–Crippen MR) is 113 cm³/mol. The fourth-order valence-corrected chi connectivity index (χ4v) is 3.90. The van der Waals surface area contributed by atoms with E-state index < -0.39 is 11.8 Å². The van der Waals surface area contributed by atoms with Gasteiger partial charge in [0.15, 0.2) is 0 Å². The largest absolute Gasteiger partial charge is 0.573 e. The molecular weight excluding hydrogens is 423 g/mol. The van der Waals surface area contributed by atoms with E-state index in [1.807, 2.05) is 6.92 Å². The van der Waals surface area contributed by atoms with E-state index in [2.05, 4.69) is 20.4 Å². The second-order valence-electron chi connectivity index (χ2n) is 8.68. The number of carbonyl (C=O) groups is 2. The van der Waals surface area contributed by atoms with Crippen molar-refractivity contribution in [3.8, 4) is 16.9 Å². The van der Waals surface area contributed by atoms with E-state index in [9.17, 15) is 22.8 Å². The molecule has 2 amide bonds. The highest BCUT2D eigenvalue weighted by Gasteiger charge is 2.36. The summed E-state index contributed by atoms with van der Waals surface area (Å²) in [5.41, 5.74) is 0.717. The number of hydrogen-bond acceptors (Lipinski definition) is 4. The lowest BCUT2D eigenvalue weighted by atomic mass is 9.88. The average Bonchev–Trinajstić information content (AvgIpc) is 3.48. The summed E-state index contributed by atoms with van der Waals surface area (Å²) in [6.45, 7) is 1.92. The summed E-state index contributed by atoms with van der Waals surface area (Å²) in [6.07, 6.45) is 0.461. The van der Waals surface area contributed by atoms with E-state index in [0.29, 0.717) is 11.1 Å². The lowest BCUT2D eigenvalue weighted by Crippen LogP contribution is -2.31. The Morgan fingerprint density at radius 3 is 2.16 bits per heavy atom. The normalized spacial score (nSPS) is 17.6. The molecule has 0 atom stereocenters. The molecule has 0 radical (unpaired) electrons. The monoisotopic (exact) mass is 447 g/mol. The van der Waals surface area contributed by atoms with Gasteiger partial charge in [0.05, 0.1) is 0 Å². The summed E-state index contributed by atoms with van der Waals surface area (Å²) in [5.74, 6) is -0.0733. The second-order valence-corrected chi connectivity index (χ2v) is 8.68. The number of benzene rings is 1. The third kappa shape index (κ3) is 5.38. The number of rotatable bonds is 6. The molecule has 2 aliphatic carbocycles. The van der Waals surface area contributed by atoms with Crippen LogP contribution in [0.15, 0.2) is 36.4 Å². The molecule has 2 saturated carbocycles. The zero-order chi connectivity index (χ0) is 22.9. The summed E-state index contributed by atoms with van der Waals surface area (Å²) >= 11 is 0. The number of nitrogens with zero attached hydrogens (tertiary/aromatic N) is 1. The highest BCUT2D eigenvalue weighted by atomic mass is 19.4. The fourth-order valence-electron chi connectivity index (χ4n) is 3.90. The SMILES string of the molecule is CC1(C(=O)Nc2cc(-c3ccc(OC(F)(F)F)cc3)cc(NC(=O)C3CC3)n2)CCCC1. The smallest absolute Gasteiger partial charge is 0.406 e. The Morgan fingerprint density at radius 2 is 1.59 bits per heavy atom. The topological polar surface area (TPSA) is 80.3 Å². The van der Waals surface area contributed by atoms with E-state index in [1.54, 1.807) is 12.1 Å². The van der Waals surface area contributed by atoms with Gasteiger partial charge in [-0.25, -0.2) is 4.98 Å². The fraction of sp³-hybridized carbons (Fsp3) is 0.435. The Balaban J connectivity index is 1.60. The first kappa shape index (κ1) is 22.1. The minimum absolute atomic E-state index is 0.0327. The van der Waals surface area contributed by atoms with Crippen molar-refractivity contribution in [3.63, 3.8) is 0 Å². The van der Waals surface area contributed by atoms with Gasteiger partial charge in [-0.1, -0.05) is 31.9 Å². The number of aromatic nitrogens is 1. The molecule has 1 heterocycles. The van der Waals surface area contributed by atoms with Crippen LogP contribution >= 0.6 is 0 Å². The molecule has 2 N–H and O–H groups in total. The van der Waals surface area contributed by atoms with Crippen LogP contribution in [0.1, 0.15) is 45.4 Å². The molecule has 170 valence electrons. The molecule has 0 bridgehead atoms. The lowest BCUT2D eigenvalue weighted by Gasteiger charge is -2.22. The first-order valence-electron chi connectivity index (χ1n) is 10.6. The van der Waals surface area contributed by atoms with Crippen molar-refractivity contribution >= 4 is 23.5 Å². The maximum absolute atomic E-state index is 12.9. The van der Waals surface area contributed by atoms with Gasteiger partial charge in [-0.3, -0.25) is 9.59 Å². The first-order valence-corrected chi connectivity index (χ1v) is 10.6. The van der Waals surface area contributed by atoms with Crippen molar-refractivity contribution in [2.45, 2.75) is 51.8 Å². The van der Waals surface area contributed by atoms with E-state index in [-0.39, 0.29) is 35.1 Å². The van der Waals surface area contributed by atoms with E-state index in [4.69, 9.17) is 0 Å². The van der Waals surface area contributed by atoms with Gasteiger partial charge in [0.1, 0.15) is 17.4 Å². The number of carbonyl (C=O) groups excluding carboxylic acids is 2. The molecule has 4 rings (SSSR count). The molecule has 9 heteroatoms. The number of amides is 2. The van der Waals surface area contributed by atoms with Gasteiger partial charge in [-0.15, -0.1) is 13.2 Å². The van der Waals surface area contributed by atoms with Crippen molar-refractivity contribution < 1.29 is 27.5 Å². The van der Waals surface area contributed by atoms with Crippen molar-refractivity contribution in [2.24, 2.45) is 11.3 Å². The van der Waals surface area contributed by atoms with Crippen molar-refractivity contribution in [1.82, 2.24) is 4.98 Å². The number of halogens is 3. The Kier molecular flexibility index (Phi) is 5.83. The summed E-state index contributed by atoms with van der Waals surface area (Å²) in [7, 11) is 0. The number of nitrogens with one attached hydrogen (secondary N) is 2. The molecule has 2 aliphatic rings. The standard InChI is InChI=1S/C23H24F3N3O3/c1-22(10-2-3-11-22)21(31)29-19-13-16(12-18(27-19)28-20(30)15-4-5-15)14-6-8-17(9-7-14)32-23(24,25)26/h6-9,12-13,15H,2-5,10-11H2,1H3,(H2,27,28,29,30,31). The van der Waals surface area contributed by atoms with Gasteiger partial charge in [-0.2, -0.15) is 0 Å². The maximum Gasteiger partial charge on any atom is 0.573 e. The van der Waals surface area contributed by atoms with Crippen LogP contribution in [-0.2, 0) is 9.59 Å². The van der Waals surface area contributed by atoms with Gasteiger partial charge in [0, 0.05) is 11.3 Å². The van der Waals surface area contributed by atoms with Crippen LogP contribution in [-0.4, -0.2) is 23.2 Å². The molecule has 32 heavy (non-hydrogen) atoms. The zero-order valence-corrected chi connectivity index (χ0v) is 17.6. The van der Waals surface area contributed by atoms with Crippen LogP contribution < -0.4 is 15.4 Å². The van der Waals surface area contributed by atoms with Crippen LogP contribution in [0.3, 0.4) is 0 Å². The molecule has 2 fully saturated rings. The molecule has 6 nitrogen and oxygen atoms in total. The summed E-state index contributed by atoms with van der Waals surface area (Å²) in [4.78, 5) is 29.5. The summed E-state index contributed by atoms with van der Waals surface area (Å²) in [6, 6.07) is 8.65. The minimum Gasteiger partial charge on any atom is -0.406 e. The molecule has 0 spiro atoms. The molecule has 2 aromatic rings. The third-order valence-electron chi connectivity index (χ3n) is 5.94. The van der Waals surface area contributed by atoms with Crippen LogP contribution in [0.25, 0.3) is 11.1 Å². The predicted octanol–water partition coefficient (Wildman–Crippen LogP) is 5.51. The highest BCUT2D eigenvalue weighted by molar-refractivity contribution is 5.97. The third-order valence-corrected chi connectivity index (χ3v) is 5.94. The molecule has 0 saturated heterocycles. The van der Waals surface area contributed by atoms with Crippen molar-refractivity contribution in [1.29, 1.82) is 0 Å². The molecule has 1 aromatic heterocycles. The van der Waals surface area contributed by atoms with Crippen molar-refractivity contribution in [2.75, 3.05) is 10.6 Å². The lowest BCUT2D eigenvalue weighted by molar-refractivity contribution is -0.274. The Labute approximate surface area is 183 Å². The minimum atomic E-state index is -4.77. The quantitative estimate of drug-likeness (QED) is 0.612. The second kappa shape index (κ2) is 8.44. The van der Waals surface area contributed by atoms with Crippen LogP contribution in [0, 0.1) is 11.3 Å². The van der Waals surface area contributed by atoms with Gasteiger partial charge >= 0.3 is 6.36 Å². The summed E-state index contributed by atoms with van der Waals surface area (Å²) < 4.78 is 41.2. The van der Waals surface area contributed by atoms with E-state index in [1.165, 1.54) is 24.3 Å². The average molecular weight is 447 g/mol. The Bertz CT molecular complexity index is 1010. The van der Waals surface area contributed by atoms with Crippen LogP contribution in [0.5, 0.6) is 5.75 Å². The Morgan fingerprint density at radius 1 is 1.00 bits per heavy atom. The number of anilines is 2. The molecule has 0 unspecified atom stereocenters. The zero-order valence-electron chi connectivity index (χ0n) is 17.6. The van der Waals surface area contributed by atoms with Gasteiger partial charge < -0.3 is 15.4 Å². The van der Waals surface area contributed by atoms with E-state index >= 15 is 0 Å². The number of alkyl halides is 3. The van der Waals surface area contributed by atoms with E-state index in [0.717, 1.165) is 38.5 Å². The number of ether oxygens (including phenoxy) is 1. The van der Waals surface area contributed by atoms with Gasteiger partial charge in [0.25, 0.3) is 0 Å². The van der Waals surface area contributed by atoms with Crippen LogP contribution in [0.4, 0.5) is 24.8 Å². The van der Waals surface area contributed by atoms with Gasteiger partial charge in [-0.05, 0) is 61.1 Å². The van der Waals surface area contributed by atoms with Crippen LogP contribution in [0.2, 0.25) is 0 Å². The highest BCUT2D eigenvalue weighted by Crippen LogP contribution is 2.39. The van der Waals surface area contributed by atoms with Gasteiger partial charge in [0.2, 0.25) is 11.8 Å². The first-order chi connectivity index (χ1) is 15.1. The number of hydrogen-bond donors (Lipinski definition) is 2. The summed E-state index contributed by atoms with van der Waals surface area (Å²) in [5, 5.41) is 5.64. The Hall–Kier alpha value is -3.10. The maximum atomic E-state index is 12.9. The molecule has 0 aliphatic heterocycles. The van der Waals surface area contributed by atoms with Crippen molar-refractivity contribution in [3.05, 3.63) is 36.4 Å². The molecule has 1 aromatic carbocycles. The number of pyridine rings is 1.